The van der Waals surface area contributed by atoms with Crippen molar-refractivity contribution < 1.29 is 38.2 Å². The Bertz CT molecular complexity index is 1170. The van der Waals surface area contributed by atoms with Gasteiger partial charge in [0.15, 0.2) is 12.1 Å². The molecule has 0 aliphatic heterocycles. The van der Waals surface area contributed by atoms with Crippen LogP contribution >= 0.6 is 0 Å². The molecule has 0 aromatic carbocycles. The number of esters is 2. The molecule has 0 heterocycles. The van der Waals surface area contributed by atoms with Crippen LogP contribution in [0.2, 0.25) is 0 Å². The minimum absolute atomic E-state index is 0.0539. The van der Waals surface area contributed by atoms with Gasteiger partial charge in [-0.3, -0.25) is 9.59 Å². The molecule has 0 fully saturated rings. The van der Waals surface area contributed by atoms with E-state index in [-0.39, 0.29) is 36.2 Å². The molecule has 1 N–H and O–H groups in total. The quantitative estimate of drug-likeness (QED) is 0.0215. The van der Waals surface area contributed by atoms with Gasteiger partial charge in [-0.15, -0.1) is 0 Å². The average molecular weight is 843 g/mol. The Morgan fingerprint density at radius 2 is 0.983 bits per heavy atom. The molecule has 2 unspecified atom stereocenters. The molecule has 0 aliphatic rings. The summed E-state index contributed by atoms with van der Waals surface area (Å²) in [5.41, 5.74) is 0. The van der Waals surface area contributed by atoms with Crippen LogP contribution in [-0.4, -0.2) is 80.6 Å². The van der Waals surface area contributed by atoms with E-state index in [2.05, 4.69) is 74.6 Å². The van der Waals surface area contributed by atoms with Gasteiger partial charge in [0.1, 0.15) is 6.61 Å². The minimum atomic E-state index is -0.878. The second-order valence-electron chi connectivity index (χ2n) is 17.4. The summed E-state index contributed by atoms with van der Waals surface area (Å²) in [7, 11) is 5.52. The largest absolute Gasteiger partial charge is 0.477 e. The van der Waals surface area contributed by atoms with Crippen molar-refractivity contribution in [3.63, 3.8) is 0 Å². The van der Waals surface area contributed by atoms with Crippen molar-refractivity contribution in [2.75, 3.05) is 41.0 Å². The fourth-order valence-corrected chi connectivity index (χ4v) is 6.92. The van der Waals surface area contributed by atoms with Crippen molar-refractivity contribution in [3.8, 4) is 0 Å². The average Bonchev–Trinajstić information content (AvgIpc) is 3.21. The first-order valence-corrected chi connectivity index (χ1v) is 24.3. The molecule has 0 amide bonds. The molecular weight excluding hydrogens is 751 g/mol. The van der Waals surface area contributed by atoms with Crippen LogP contribution in [0.25, 0.3) is 0 Å². The molecule has 346 valence electrons. The summed E-state index contributed by atoms with van der Waals surface area (Å²) < 4.78 is 17.3. The van der Waals surface area contributed by atoms with Gasteiger partial charge in [-0.25, -0.2) is 4.79 Å². The summed E-state index contributed by atoms with van der Waals surface area (Å²) in [6, 6.07) is -0.619. The zero-order valence-corrected chi connectivity index (χ0v) is 39.4. The highest BCUT2D eigenvalue weighted by molar-refractivity contribution is 5.72. The van der Waals surface area contributed by atoms with E-state index in [1.165, 1.54) is 96.3 Å². The minimum Gasteiger partial charge on any atom is -0.477 e. The number of hydrogen-bond donors (Lipinski definition) is 1. The van der Waals surface area contributed by atoms with Crippen LogP contribution in [0.4, 0.5) is 0 Å². The van der Waals surface area contributed by atoms with E-state index in [0.717, 1.165) is 70.6 Å². The predicted octanol–water partition coefficient (Wildman–Crippen LogP) is 13.8. The SMILES string of the molecule is CC/C=C/C/C=C/C/C=C/CCCCCCCCC(=O)OCC(COCCC(C(=O)O)[N+](C)(C)C)OC(=O)CCCCCCCCCCCC/C=C/C=C/CCCCCC. The molecule has 0 rings (SSSR count). The summed E-state index contributed by atoms with van der Waals surface area (Å²) in [5.74, 6) is -1.49. The standard InChI is InChI=1S/C52H91NO7/c1-6-8-10-12-14-16-18-20-22-24-25-26-27-29-31-33-35-37-39-41-43-51(55)60-48(46-58-45-44-49(52(56)57)53(3,4)5)47-59-50(54)42-40-38-36-34-32-30-28-23-21-19-17-15-13-11-9-7-2/h9,11,15-18,20-23,48-49H,6-8,10,12-14,19,24-47H2,1-5H3/p+1/b11-9+,17-15+,18-16+,22-20+,23-21+. The van der Waals surface area contributed by atoms with E-state index in [0.29, 0.717) is 19.3 Å². The first kappa shape index (κ1) is 57.0. The zero-order valence-electron chi connectivity index (χ0n) is 39.4. The van der Waals surface area contributed by atoms with Crippen molar-refractivity contribution in [2.45, 2.75) is 212 Å². The fourth-order valence-electron chi connectivity index (χ4n) is 6.92. The maximum Gasteiger partial charge on any atom is 0.362 e. The van der Waals surface area contributed by atoms with Crippen molar-refractivity contribution in [2.24, 2.45) is 0 Å². The molecule has 0 aromatic heterocycles. The van der Waals surface area contributed by atoms with Gasteiger partial charge in [-0.2, -0.15) is 0 Å². The Balaban J connectivity index is 4.30. The van der Waals surface area contributed by atoms with Crippen LogP contribution < -0.4 is 0 Å². The number of quaternary nitrogens is 1. The number of unbranched alkanes of at least 4 members (excludes halogenated alkanes) is 20. The second kappa shape index (κ2) is 42.7. The van der Waals surface area contributed by atoms with Gasteiger partial charge < -0.3 is 23.8 Å². The van der Waals surface area contributed by atoms with E-state index in [1.807, 2.05) is 21.1 Å². The topological polar surface area (TPSA) is 99.1 Å². The Kier molecular flexibility index (Phi) is 40.6. The molecule has 0 radical (unpaired) electrons. The molecule has 0 aromatic rings. The lowest BCUT2D eigenvalue weighted by molar-refractivity contribution is -0.887. The third-order valence-corrected chi connectivity index (χ3v) is 10.7. The highest BCUT2D eigenvalue weighted by atomic mass is 16.6. The molecule has 2 atom stereocenters. The Labute approximate surface area is 368 Å². The zero-order chi connectivity index (χ0) is 44.2. The number of likely N-dealkylation sites (N-methyl/N-ethyl adjacent to an activating group) is 1. The molecule has 8 nitrogen and oxygen atoms in total. The van der Waals surface area contributed by atoms with Gasteiger partial charge in [0.25, 0.3) is 0 Å². The first-order chi connectivity index (χ1) is 29.1. The number of carboxylic acid groups (broad SMARTS) is 1. The monoisotopic (exact) mass is 843 g/mol. The number of carbonyl (C=O) groups is 3. The lowest BCUT2D eigenvalue weighted by Crippen LogP contribution is -2.50. The highest BCUT2D eigenvalue weighted by Gasteiger charge is 2.31. The molecule has 60 heavy (non-hydrogen) atoms. The molecule has 0 saturated carbocycles. The van der Waals surface area contributed by atoms with E-state index in [9.17, 15) is 19.5 Å². The number of rotatable bonds is 43. The Morgan fingerprint density at radius 3 is 1.48 bits per heavy atom. The van der Waals surface area contributed by atoms with Gasteiger partial charge in [0.2, 0.25) is 0 Å². The van der Waals surface area contributed by atoms with Crippen LogP contribution in [0, 0.1) is 0 Å². The third kappa shape index (κ3) is 40.4. The van der Waals surface area contributed by atoms with Crippen LogP contribution in [0.1, 0.15) is 200 Å². The number of allylic oxidation sites excluding steroid dienone is 10. The number of hydrogen-bond acceptors (Lipinski definition) is 6. The molecular formula is C52H92NO7+. The molecule has 0 spiro atoms. The first-order valence-electron chi connectivity index (χ1n) is 24.3. The van der Waals surface area contributed by atoms with Crippen molar-refractivity contribution >= 4 is 17.9 Å². The van der Waals surface area contributed by atoms with Crippen LogP contribution in [-0.2, 0) is 28.6 Å². The Hall–Kier alpha value is -2.97. The van der Waals surface area contributed by atoms with Crippen LogP contribution in [0.3, 0.4) is 0 Å². The van der Waals surface area contributed by atoms with Crippen molar-refractivity contribution in [1.82, 2.24) is 0 Å². The number of nitrogens with zero attached hydrogens (tertiary/aromatic N) is 1. The lowest BCUT2D eigenvalue weighted by Gasteiger charge is -2.31. The molecule has 0 bridgehead atoms. The maximum absolute atomic E-state index is 12.8. The van der Waals surface area contributed by atoms with E-state index in [4.69, 9.17) is 14.2 Å². The molecule has 0 saturated heterocycles. The van der Waals surface area contributed by atoms with Crippen molar-refractivity contribution in [3.05, 3.63) is 60.8 Å². The van der Waals surface area contributed by atoms with Crippen LogP contribution in [0.15, 0.2) is 60.8 Å². The number of carbonyl (C=O) groups excluding carboxylic acids is 2. The third-order valence-electron chi connectivity index (χ3n) is 10.7. The lowest BCUT2D eigenvalue weighted by atomic mass is 10.1. The van der Waals surface area contributed by atoms with Crippen molar-refractivity contribution in [1.29, 1.82) is 0 Å². The summed E-state index contributed by atoms with van der Waals surface area (Å²) >= 11 is 0. The van der Waals surface area contributed by atoms with Gasteiger partial charge in [0, 0.05) is 19.3 Å². The smallest absolute Gasteiger partial charge is 0.362 e. The molecule has 8 heteroatoms. The van der Waals surface area contributed by atoms with Gasteiger partial charge in [-0.05, 0) is 70.6 Å². The summed E-state index contributed by atoms with van der Waals surface area (Å²) in [5, 5.41) is 9.64. The summed E-state index contributed by atoms with van der Waals surface area (Å²) in [6.45, 7) is 4.60. The van der Waals surface area contributed by atoms with Crippen LogP contribution in [0.5, 0.6) is 0 Å². The molecule has 0 aliphatic carbocycles. The van der Waals surface area contributed by atoms with E-state index in [1.54, 1.807) is 0 Å². The number of ether oxygens (including phenoxy) is 3. The van der Waals surface area contributed by atoms with Gasteiger partial charge in [-0.1, -0.05) is 171 Å². The number of aliphatic carboxylic acids is 1. The van der Waals surface area contributed by atoms with Gasteiger partial charge in [0.05, 0.1) is 34.4 Å². The highest BCUT2D eigenvalue weighted by Crippen LogP contribution is 2.15. The fraction of sp³-hybridized carbons (Fsp3) is 0.750. The van der Waals surface area contributed by atoms with E-state index < -0.39 is 18.1 Å². The van der Waals surface area contributed by atoms with Gasteiger partial charge >= 0.3 is 17.9 Å². The second-order valence-corrected chi connectivity index (χ2v) is 17.4. The number of carboxylic acids is 1. The predicted molar refractivity (Wildman–Crippen MR) is 252 cm³/mol. The Morgan fingerprint density at radius 1 is 0.533 bits per heavy atom. The van der Waals surface area contributed by atoms with E-state index >= 15 is 0 Å². The summed E-state index contributed by atoms with van der Waals surface area (Å²) in [6.07, 6.45) is 52.6. The summed E-state index contributed by atoms with van der Waals surface area (Å²) in [4.78, 5) is 37.1. The normalized spacial score (nSPS) is 13.4. The maximum atomic E-state index is 12.8.